The van der Waals surface area contributed by atoms with Crippen LogP contribution in [0.1, 0.15) is 39.1 Å². The number of carbonyl (C=O) groups excluding carboxylic acids is 1. The Bertz CT molecular complexity index is 826. The van der Waals surface area contributed by atoms with Crippen LogP contribution >= 0.6 is 11.3 Å². The third-order valence-electron chi connectivity index (χ3n) is 4.66. The van der Waals surface area contributed by atoms with E-state index in [1.54, 1.807) is 23.9 Å². The number of nitrogens with zero attached hydrogens (tertiary/aromatic N) is 4. The molecule has 4 rings (SSSR count). The van der Waals surface area contributed by atoms with Gasteiger partial charge >= 0.3 is 0 Å². The molecule has 1 saturated heterocycles. The Balaban J connectivity index is 1.35. The van der Waals surface area contributed by atoms with Crippen molar-refractivity contribution >= 4 is 17.2 Å². The SMILES string of the molecule is O=C(NCCn1cccn1)c1ccc([C@@H]2CCCN2Cc2cnc[nH]2)s1. The van der Waals surface area contributed by atoms with Crippen LogP contribution in [-0.2, 0) is 13.1 Å². The van der Waals surface area contributed by atoms with Crippen LogP contribution in [0.25, 0.3) is 0 Å². The van der Waals surface area contributed by atoms with Crippen LogP contribution in [-0.4, -0.2) is 43.6 Å². The topological polar surface area (TPSA) is 78.8 Å². The second-order valence-electron chi connectivity index (χ2n) is 6.43. The summed E-state index contributed by atoms with van der Waals surface area (Å²) in [5.41, 5.74) is 1.13. The van der Waals surface area contributed by atoms with Gasteiger partial charge < -0.3 is 10.3 Å². The Hall–Kier alpha value is -2.45. The van der Waals surface area contributed by atoms with Crippen molar-refractivity contribution in [3.05, 3.63) is 58.6 Å². The molecule has 1 aliphatic rings. The van der Waals surface area contributed by atoms with Gasteiger partial charge in [-0.2, -0.15) is 5.10 Å². The fraction of sp³-hybridized carbons (Fsp3) is 0.389. The molecule has 7 nitrogen and oxygen atoms in total. The average Bonchev–Trinajstić information content (AvgIpc) is 3.43. The van der Waals surface area contributed by atoms with Gasteiger partial charge in [0.25, 0.3) is 5.91 Å². The predicted molar refractivity (Wildman–Crippen MR) is 99.9 cm³/mol. The zero-order valence-corrected chi connectivity index (χ0v) is 15.3. The van der Waals surface area contributed by atoms with Crippen molar-refractivity contribution in [2.75, 3.05) is 13.1 Å². The first-order valence-electron chi connectivity index (χ1n) is 8.86. The molecule has 136 valence electrons. The summed E-state index contributed by atoms with van der Waals surface area (Å²) >= 11 is 1.60. The third-order valence-corrected chi connectivity index (χ3v) is 5.84. The number of hydrogen-bond donors (Lipinski definition) is 2. The highest BCUT2D eigenvalue weighted by atomic mass is 32.1. The second-order valence-corrected chi connectivity index (χ2v) is 7.55. The molecule has 0 saturated carbocycles. The van der Waals surface area contributed by atoms with Crippen LogP contribution in [0.4, 0.5) is 0 Å². The van der Waals surface area contributed by atoms with Crippen molar-refractivity contribution in [2.24, 2.45) is 0 Å². The number of thiophene rings is 1. The number of likely N-dealkylation sites (tertiary alicyclic amines) is 1. The van der Waals surface area contributed by atoms with Crippen LogP contribution in [0.15, 0.2) is 43.1 Å². The fourth-order valence-corrected chi connectivity index (χ4v) is 4.48. The summed E-state index contributed by atoms with van der Waals surface area (Å²) in [4.78, 5) is 24.1. The number of hydrogen-bond acceptors (Lipinski definition) is 5. The lowest BCUT2D eigenvalue weighted by Crippen LogP contribution is -2.26. The molecule has 0 spiro atoms. The first kappa shape index (κ1) is 17.0. The molecular weight excluding hydrogens is 348 g/mol. The molecule has 3 aromatic rings. The van der Waals surface area contributed by atoms with Crippen LogP contribution in [0.2, 0.25) is 0 Å². The number of carbonyl (C=O) groups is 1. The fourth-order valence-electron chi connectivity index (χ4n) is 3.39. The lowest BCUT2D eigenvalue weighted by molar-refractivity contribution is 0.0956. The molecular formula is C18H22N6OS. The normalized spacial score (nSPS) is 17.6. The highest BCUT2D eigenvalue weighted by Crippen LogP contribution is 2.36. The van der Waals surface area contributed by atoms with E-state index in [-0.39, 0.29) is 5.91 Å². The van der Waals surface area contributed by atoms with Gasteiger partial charge in [0.1, 0.15) is 0 Å². The van der Waals surface area contributed by atoms with E-state index in [2.05, 4.69) is 31.3 Å². The van der Waals surface area contributed by atoms with Gasteiger partial charge in [0.05, 0.1) is 17.7 Å². The Morgan fingerprint density at radius 1 is 1.42 bits per heavy atom. The zero-order chi connectivity index (χ0) is 17.8. The maximum atomic E-state index is 12.4. The molecule has 0 bridgehead atoms. The van der Waals surface area contributed by atoms with Crippen molar-refractivity contribution in [3.63, 3.8) is 0 Å². The molecule has 3 aromatic heterocycles. The lowest BCUT2D eigenvalue weighted by Gasteiger charge is -2.22. The van der Waals surface area contributed by atoms with E-state index < -0.39 is 0 Å². The van der Waals surface area contributed by atoms with Crippen LogP contribution in [0.5, 0.6) is 0 Å². The van der Waals surface area contributed by atoms with Gasteiger partial charge in [0, 0.05) is 48.3 Å². The van der Waals surface area contributed by atoms with Crippen molar-refractivity contribution in [1.29, 1.82) is 0 Å². The number of amides is 1. The summed E-state index contributed by atoms with van der Waals surface area (Å²) in [5.74, 6) is -0.00785. The molecule has 1 aliphatic heterocycles. The van der Waals surface area contributed by atoms with E-state index >= 15 is 0 Å². The maximum absolute atomic E-state index is 12.4. The van der Waals surface area contributed by atoms with Crippen LogP contribution in [0.3, 0.4) is 0 Å². The van der Waals surface area contributed by atoms with Gasteiger partial charge in [0.15, 0.2) is 0 Å². The predicted octanol–water partition coefficient (Wildman–Crippen LogP) is 2.43. The maximum Gasteiger partial charge on any atom is 0.261 e. The van der Waals surface area contributed by atoms with Crippen molar-refractivity contribution < 1.29 is 4.79 Å². The summed E-state index contributed by atoms with van der Waals surface area (Å²) in [6.07, 6.45) is 9.55. The average molecular weight is 370 g/mol. The van der Waals surface area contributed by atoms with Gasteiger partial charge in [-0.05, 0) is 37.6 Å². The number of imidazole rings is 1. The molecule has 1 amide bonds. The first-order valence-corrected chi connectivity index (χ1v) is 9.68. The quantitative estimate of drug-likeness (QED) is 0.669. The van der Waals surface area contributed by atoms with E-state index in [0.29, 0.717) is 19.1 Å². The largest absolute Gasteiger partial charge is 0.349 e. The van der Waals surface area contributed by atoms with E-state index in [1.807, 2.05) is 29.2 Å². The first-order chi connectivity index (χ1) is 12.8. The van der Waals surface area contributed by atoms with Gasteiger partial charge in [-0.15, -0.1) is 11.3 Å². The van der Waals surface area contributed by atoms with E-state index in [0.717, 1.165) is 30.1 Å². The zero-order valence-electron chi connectivity index (χ0n) is 14.5. The monoisotopic (exact) mass is 370 g/mol. The third kappa shape index (κ3) is 3.86. The minimum absolute atomic E-state index is 0.00785. The molecule has 0 radical (unpaired) electrons. The number of nitrogens with one attached hydrogen (secondary N) is 2. The van der Waals surface area contributed by atoms with Crippen molar-refractivity contribution in [3.8, 4) is 0 Å². The summed E-state index contributed by atoms with van der Waals surface area (Å²) in [5, 5.41) is 7.11. The van der Waals surface area contributed by atoms with Crippen molar-refractivity contribution in [2.45, 2.75) is 32.0 Å². The van der Waals surface area contributed by atoms with E-state index in [9.17, 15) is 4.79 Å². The molecule has 0 unspecified atom stereocenters. The summed E-state index contributed by atoms with van der Waals surface area (Å²) < 4.78 is 1.81. The number of rotatable bonds is 7. The highest BCUT2D eigenvalue weighted by Gasteiger charge is 2.28. The van der Waals surface area contributed by atoms with Crippen LogP contribution < -0.4 is 5.32 Å². The van der Waals surface area contributed by atoms with E-state index in [4.69, 9.17) is 0 Å². The highest BCUT2D eigenvalue weighted by molar-refractivity contribution is 7.14. The Labute approximate surface area is 156 Å². The Morgan fingerprint density at radius 3 is 3.19 bits per heavy atom. The summed E-state index contributed by atoms with van der Waals surface area (Å²) in [6.45, 7) is 3.20. The van der Waals surface area contributed by atoms with Gasteiger partial charge in [-0.25, -0.2) is 4.98 Å². The van der Waals surface area contributed by atoms with E-state index in [1.165, 1.54) is 11.3 Å². The van der Waals surface area contributed by atoms with Crippen molar-refractivity contribution in [1.82, 2.24) is 30.0 Å². The smallest absolute Gasteiger partial charge is 0.261 e. The van der Waals surface area contributed by atoms with Gasteiger partial charge in [-0.1, -0.05) is 0 Å². The van der Waals surface area contributed by atoms with Crippen LogP contribution in [0, 0.1) is 0 Å². The molecule has 26 heavy (non-hydrogen) atoms. The molecule has 2 N–H and O–H groups in total. The number of aromatic nitrogens is 4. The second kappa shape index (κ2) is 7.84. The molecule has 1 fully saturated rings. The Kier molecular flexibility index (Phi) is 5.12. The van der Waals surface area contributed by atoms with Gasteiger partial charge in [0.2, 0.25) is 0 Å². The molecule has 8 heteroatoms. The molecule has 0 aromatic carbocycles. The molecule has 4 heterocycles. The number of aromatic amines is 1. The minimum atomic E-state index is -0.00785. The number of H-pyrrole nitrogens is 1. The standard InChI is InChI=1S/C18H22N6OS/c25-18(20-7-10-24-9-2-6-22-24)17-5-4-16(26-17)15-3-1-8-23(15)12-14-11-19-13-21-14/h2,4-6,9,11,13,15H,1,3,7-8,10,12H2,(H,19,21)(H,20,25)/t15-/m0/s1. The summed E-state index contributed by atoms with van der Waals surface area (Å²) in [6, 6.07) is 6.30. The molecule has 0 aliphatic carbocycles. The summed E-state index contributed by atoms with van der Waals surface area (Å²) in [7, 11) is 0. The Morgan fingerprint density at radius 2 is 2.38 bits per heavy atom. The minimum Gasteiger partial charge on any atom is -0.349 e. The van der Waals surface area contributed by atoms with Gasteiger partial charge in [-0.3, -0.25) is 14.4 Å². The lowest BCUT2D eigenvalue weighted by atomic mass is 10.2. The molecule has 1 atom stereocenters.